The summed E-state index contributed by atoms with van der Waals surface area (Å²) >= 11 is 0. The van der Waals surface area contributed by atoms with Gasteiger partial charge in [0.25, 0.3) is 5.97 Å². The summed E-state index contributed by atoms with van der Waals surface area (Å²) in [5, 5.41) is 18.4. The van der Waals surface area contributed by atoms with E-state index < -0.39 is 5.97 Å². The Morgan fingerprint density at radius 1 is 0.684 bits per heavy atom. The molecule has 0 aromatic rings. The largest absolute Gasteiger partial charge is 0.343 e. The Hall–Kier alpha value is -0.120. The van der Waals surface area contributed by atoms with Crippen LogP contribution in [0.25, 0.3) is 0 Å². The Labute approximate surface area is 119 Å². The van der Waals surface area contributed by atoms with Crippen LogP contribution in [0.15, 0.2) is 0 Å². The van der Waals surface area contributed by atoms with Gasteiger partial charge in [-0.2, -0.15) is 0 Å². The molecule has 0 aliphatic heterocycles. The molecule has 0 spiro atoms. The van der Waals surface area contributed by atoms with Gasteiger partial charge in [0.1, 0.15) is 0 Å². The Morgan fingerprint density at radius 2 is 1.11 bits per heavy atom. The fraction of sp³-hybridized carbons (Fsp3) is 1.00. The molecule has 0 bridgehead atoms. The highest BCUT2D eigenvalue weighted by atomic mass is 16.8. The molecule has 0 heterocycles. The molecule has 3 heteroatoms. The smallest absolute Gasteiger partial charge is 0.277 e. The van der Waals surface area contributed by atoms with Gasteiger partial charge in [0, 0.05) is 6.42 Å². The van der Waals surface area contributed by atoms with Crippen molar-refractivity contribution in [3.63, 3.8) is 0 Å². The van der Waals surface area contributed by atoms with Crippen molar-refractivity contribution in [2.24, 2.45) is 0 Å². The van der Waals surface area contributed by atoms with Gasteiger partial charge in [-0.15, -0.1) is 0 Å². The fourth-order valence-corrected chi connectivity index (χ4v) is 2.10. The first-order valence-corrected chi connectivity index (χ1v) is 8.21. The number of unbranched alkanes of at least 4 members (excludes halogenated alkanes) is 10. The van der Waals surface area contributed by atoms with Crippen LogP contribution in [-0.4, -0.2) is 22.8 Å². The first kappa shape index (κ1) is 18.9. The predicted molar refractivity (Wildman–Crippen MR) is 79.9 cm³/mol. The molecule has 3 nitrogen and oxygen atoms in total. The van der Waals surface area contributed by atoms with Gasteiger partial charge in [0.15, 0.2) is 0 Å². The van der Waals surface area contributed by atoms with Crippen molar-refractivity contribution in [3.05, 3.63) is 0 Å². The summed E-state index contributed by atoms with van der Waals surface area (Å²) in [6.07, 6.45) is 14.4. The van der Waals surface area contributed by atoms with Crippen LogP contribution in [0.4, 0.5) is 0 Å². The van der Waals surface area contributed by atoms with Crippen LogP contribution in [0.2, 0.25) is 0 Å². The SMILES string of the molecule is CCCCCCCCCCCCCOC(O)(O)CC. The molecule has 0 saturated carbocycles. The molecular formula is C16H34O3. The van der Waals surface area contributed by atoms with Crippen molar-refractivity contribution in [3.8, 4) is 0 Å². The second-order valence-electron chi connectivity index (χ2n) is 5.48. The molecule has 0 fully saturated rings. The van der Waals surface area contributed by atoms with Crippen LogP contribution in [0.3, 0.4) is 0 Å². The van der Waals surface area contributed by atoms with Crippen LogP contribution in [0, 0.1) is 0 Å². The predicted octanol–water partition coefficient (Wildman–Crippen LogP) is 4.36. The maximum Gasteiger partial charge on any atom is 0.277 e. The quantitative estimate of drug-likeness (QED) is 0.365. The van der Waals surface area contributed by atoms with Crippen molar-refractivity contribution < 1.29 is 14.9 Å². The highest BCUT2D eigenvalue weighted by Gasteiger charge is 2.19. The van der Waals surface area contributed by atoms with Crippen molar-refractivity contribution >= 4 is 0 Å². The van der Waals surface area contributed by atoms with E-state index >= 15 is 0 Å². The van der Waals surface area contributed by atoms with Crippen molar-refractivity contribution in [2.45, 2.75) is 96.9 Å². The third-order valence-electron chi connectivity index (χ3n) is 3.54. The Bertz CT molecular complexity index is 181. The number of ether oxygens (including phenoxy) is 1. The molecule has 0 aliphatic carbocycles. The Kier molecular flexibility index (Phi) is 12.8. The van der Waals surface area contributed by atoms with E-state index in [9.17, 15) is 10.2 Å². The van der Waals surface area contributed by atoms with Crippen LogP contribution >= 0.6 is 0 Å². The maximum atomic E-state index is 9.22. The monoisotopic (exact) mass is 274 g/mol. The minimum Gasteiger partial charge on any atom is -0.343 e. The van der Waals surface area contributed by atoms with Gasteiger partial charge in [0.2, 0.25) is 0 Å². The molecule has 19 heavy (non-hydrogen) atoms. The molecule has 0 atom stereocenters. The minimum absolute atomic E-state index is 0.213. The first-order chi connectivity index (χ1) is 9.12. The van der Waals surface area contributed by atoms with E-state index in [1.165, 1.54) is 57.8 Å². The van der Waals surface area contributed by atoms with Gasteiger partial charge in [-0.25, -0.2) is 0 Å². The van der Waals surface area contributed by atoms with Crippen molar-refractivity contribution in [1.29, 1.82) is 0 Å². The minimum atomic E-state index is -1.92. The highest BCUT2D eigenvalue weighted by Crippen LogP contribution is 2.12. The number of hydrogen-bond donors (Lipinski definition) is 2. The number of aliphatic hydroxyl groups is 2. The first-order valence-electron chi connectivity index (χ1n) is 8.21. The van der Waals surface area contributed by atoms with Gasteiger partial charge >= 0.3 is 0 Å². The Morgan fingerprint density at radius 3 is 1.53 bits per heavy atom. The van der Waals surface area contributed by atoms with E-state index in [-0.39, 0.29) is 6.42 Å². The van der Waals surface area contributed by atoms with Gasteiger partial charge in [0.05, 0.1) is 6.61 Å². The molecule has 0 aliphatic rings. The summed E-state index contributed by atoms with van der Waals surface area (Å²) in [6.45, 7) is 4.39. The zero-order valence-corrected chi connectivity index (χ0v) is 13.0. The average Bonchev–Trinajstić information content (AvgIpc) is 2.40. The third kappa shape index (κ3) is 14.1. The number of rotatable bonds is 14. The van der Waals surface area contributed by atoms with Gasteiger partial charge in [-0.1, -0.05) is 78.1 Å². The van der Waals surface area contributed by atoms with E-state index in [1.807, 2.05) is 0 Å². The fourth-order valence-electron chi connectivity index (χ4n) is 2.10. The molecule has 0 aromatic heterocycles. The second-order valence-corrected chi connectivity index (χ2v) is 5.48. The zero-order valence-electron chi connectivity index (χ0n) is 13.0. The van der Waals surface area contributed by atoms with Crippen LogP contribution in [-0.2, 0) is 4.74 Å². The second kappa shape index (κ2) is 12.9. The summed E-state index contributed by atoms with van der Waals surface area (Å²) in [7, 11) is 0. The normalized spacial score (nSPS) is 12.0. The molecule has 0 aromatic carbocycles. The van der Waals surface area contributed by atoms with E-state index in [4.69, 9.17) is 4.74 Å². The van der Waals surface area contributed by atoms with Gasteiger partial charge in [-0.05, 0) is 6.42 Å². The van der Waals surface area contributed by atoms with Crippen LogP contribution in [0.1, 0.15) is 90.9 Å². The average molecular weight is 274 g/mol. The third-order valence-corrected chi connectivity index (χ3v) is 3.54. The summed E-state index contributed by atoms with van der Waals surface area (Å²) in [5.41, 5.74) is 0. The van der Waals surface area contributed by atoms with E-state index in [2.05, 4.69) is 6.92 Å². The maximum absolute atomic E-state index is 9.22. The molecule has 0 rings (SSSR count). The lowest BCUT2D eigenvalue weighted by atomic mass is 10.1. The zero-order chi connectivity index (χ0) is 14.4. The van der Waals surface area contributed by atoms with E-state index in [0.717, 1.165) is 12.8 Å². The van der Waals surface area contributed by atoms with Crippen LogP contribution < -0.4 is 0 Å². The van der Waals surface area contributed by atoms with E-state index in [0.29, 0.717) is 6.61 Å². The van der Waals surface area contributed by atoms with Gasteiger partial charge in [-0.3, -0.25) is 0 Å². The standard InChI is InChI=1S/C16H34O3/c1-3-5-6-7-8-9-10-11-12-13-14-15-19-16(17,18)4-2/h17-18H,3-15H2,1-2H3. The molecule has 0 radical (unpaired) electrons. The highest BCUT2D eigenvalue weighted by molar-refractivity contribution is 4.49. The van der Waals surface area contributed by atoms with Crippen molar-refractivity contribution in [1.82, 2.24) is 0 Å². The van der Waals surface area contributed by atoms with Gasteiger partial charge < -0.3 is 14.9 Å². The molecular weight excluding hydrogens is 240 g/mol. The molecule has 116 valence electrons. The number of hydrogen-bond acceptors (Lipinski definition) is 3. The lowest BCUT2D eigenvalue weighted by Crippen LogP contribution is -2.31. The topological polar surface area (TPSA) is 49.7 Å². The summed E-state index contributed by atoms with van der Waals surface area (Å²) in [6, 6.07) is 0. The molecule has 0 amide bonds. The van der Waals surface area contributed by atoms with Crippen molar-refractivity contribution in [2.75, 3.05) is 6.61 Å². The Balaban J connectivity index is 3.07. The summed E-state index contributed by atoms with van der Waals surface area (Å²) in [5.74, 6) is -1.92. The summed E-state index contributed by atoms with van der Waals surface area (Å²) < 4.78 is 4.97. The lowest BCUT2D eigenvalue weighted by molar-refractivity contribution is -0.338. The molecule has 0 saturated heterocycles. The molecule has 0 unspecified atom stereocenters. The molecule has 2 N–H and O–H groups in total. The van der Waals surface area contributed by atoms with E-state index in [1.54, 1.807) is 6.92 Å². The van der Waals surface area contributed by atoms with Crippen LogP contribution in [0.5, 0.6) is 0 Å². The lowest BCUT2D eigenvalue weighted by Gasteiger charge is -2.19. The summed E-state index contributed by atoms with van der Waals surface area (Å²) in [4.78, 5) is 0.